The van der Waals surface area contributed by atoms with Gasteiger partial charge in [-0.05, 0) is 12.1 Å². The second-order valence-corrected chi connectivity index (χ2v) is 3.58. The Bertz CT molecular complexity index is 524. The summed E-state index contributed by atoms with van der Waals surface area (Å²) in [6.07, 6.45) is 0.663. The monoisotopic (exact) mass is 248 g/mol. The Kier molecular flexibility index (Phi) is 3.72. The Morgan fingerprint density at radius 3 is 2.61 bits per heavy atom. The number of benzene rings is 1. The van der Waals surface area contributed by atoms with Crippen molar-refractivity contribution in [2.24, 2.45) is 0 Å². The summed E-state index contributed by atoms with van der Waals surface area (Å²) < 4.78 is 23.6. The van der Waals surface area contributed by atoms with Crippen LogP contribution in [0.3, 0.4) is 0 Å². The molecule has 18 heavy (non-hydrogen) atoms. The molecular formula is C13H13FN2O2. The fourth-order valence-corrected chi connectivity index (χ4v) is 1.42. The van der Waals surface area contributed by atoms with Crippen LogP contribution in [0.5, 0.6) is 17.5 Å². The molecule has 1 heterocycles. The Morgan fingerprint density at radius 1 is 1.17 bits per heavy atom. The lowest BCUT2D eigenvalue weighted by molar-refractivity contribution is 0.384. The van der Waals surface area contributed by atoms with Crippen molar-refractivity contribution in [2.45, 2.75) is 13.3 Å². The van der Waals surface area contributed by atoms with Gasteiger partial charge in [0.1, 0.15) is 17.4 Å². The molecule has 1 aromatic heterocycles. The maximum Gasteiger partial charge on any atom is 0.226 e. The molecule has 4 nitrogen and oxygen atoms in total. The average molecular weight is 248 g/mol. The summed E-state index contributed by atoms with van der Waals surface area (Å²) in [5, 5.41) is 0. The van der Waals surface area contributed by atoms with Crippen LogP contribution < -0.4 is 9.47 Å². The quantitative estimate of drug-likeness (QED) is 0.834. The summed E-state index contributed by atoms with van der Waals surface area (Å²) in [4.78, 5) is 8.33. The van der Waals surface area contributed by atoms with Gasteiger partial charge in [0.25, 0.3) is 0 Å². The first-order valence-electron chi connectivity index (χ1n) is 5.56. The standard InChI is InChI=1S/C13H13FN2O2/c1-3-11-15-12(17-2)8-13(16-11)18-10-6-4-5-9(14)7-10/h4-8H,3H2,1-2H3. The van der Waals surface area contributed by atoms with Gasteiger partial charge in [-0.3, -0.25) is 0 Å². The fraction of sp³-hybridized carbons (Fsp3) is 0.231. The summed E-state index contributed by atoms with van der Waals surface area (Å²) in [6, 6.07) is 7.43. The van der Waals surface area contributed by atoms with E-state index in [0.29, 0.717) is 29.8 Å². The fourth-order valence-electron chi connectivity index (χ4n) is 1.42. The normalized spacial score (nSPS) is 10.2. The predicted octanol–water partition coefficient (Wildman–Crippen LogP) is 2.98. The third kappa shape index (κ3) is 2.94. The summed E-state index contributed by atoms with van der Waals surface area (Å²) in [5.41, 5.74) is 0. The lowest BCUT2D eigenvalue weighted by atomic mass is 10.3. The van der Waals surface area contributed by atoms with E-state index in [1.54, 1.807) is 18.2 Å². The first-order valence-corrected chi connectivity index (χ1v) is 5.56. The van der Waals surface area contributed by atoms with Crippen LogP contribution in [0.4, 0.5) is 4.39 Å². The average Bonchev–Trinajstić information content (AvgIpc) is 2.38. The van der Waals surface area contributed by atoms with Gasteiger partial charge in [-0.15, -0.1) is 0 Å². The van der Waals surface area contributed by atoms with Gasteiger partial charge in [0.15, 0.2) is 0 Å². The number of rotatable bonds is 4. The van der Waals surface area contributed by atoms with E-state index in [1.807, 2.05) is 6.92 Å². The molecule has 0 aliphatic rings. The molecule has 0 atom stereocenters. The number of aromatic nitrogens is 2. The molecular weight excluding hydrogens is 235 g/mol. The molecule has 0 unspecified atom stereocenters. The first-order chi connectivity index (χ1) is 8.71. The summed E-state index contributed by atoms with van der Waals surface area (Å²) in [6.45, 7) is 1.93. The summed E-state index contributed by atoms with van der Waals surface area (Å²) in [5.74, 6) is 1.40. The predicted molar refractivity (Wildman–Crippen MR) is 64.4 cm³/mol. The SMILES string of the molecule is CCc1nc(OC)cc(Oc2cccc(F)c2)n1. The topological polar surface area (TPSA) is 44.2 Å². The van der Waals surface area contributed by atoms with Gasteiger partial charge >= 0.3 is 0 Å². The highest BCUT2D eigenvalue weighted by Gasteiger charge is 2.06. The van der Waals surface area contributed by atoms with Crippen molar-refractivity contribution < 1.29 is 13.9 Å². The largest absolute Gasteiger partial charge is 0.481 e. The van der Waals surface area contributed by atoms with Crippen LogP contribution in [-0.4, -0.2) is 17.1 Å². The second kappa shape index (κ2) is 5.44. The van der Waals surface area contributed by atoms with E-state index in [4.69, 9.17) is 9.47 Å². The third-order valence-electron chi connectivity index (χ3n) is 2.27. The molecule has 0 aliphatic heterocycles. The molecule has 0 fully saturated rings. The minimum absolute atomic E-state index is 0.337. The molecule has 0 amide bonds. The van der Waals surface area contributed by atoms with Crippen LogP contribution in [0.15, 0.2) is 30.3 Å². The van der Waals surface area contributed by atoms with Crippen molar-refractivity contribution in [3.63, 3.8) is 0 Å². The van der Waals surface area contributed by atoms with Crippen molar-refractivity contribution in [1.82, 2.24) is 9.97 Å². The van der Waals surface area contributed by atoms with Gasteiger partial charge in [-0.2, -0.15) is 9.97 Å². The molecule has 2 rings (SSSR count). The third-order valence-corrected chi connectivity index (χ3v) is 2.27. The van der Waals surface area contributed by atoms with E-state index >= 15 is 0 Å². The highest BCUT2D eigenvalue weighted by atomic mass is 19.1. The van der Waals surface area contributed by atoms with Gasteiger partial charge in [0, 0.05) is 12.5 Å². The number of hydrogen-bond donors (Lipinski definition) is 0. The Labute approximate surface area is 104 Å². The van der Waals surface area contributed by atoms with Gasteiger partial charge < -0.3 is 9.47 Å². The highest BCUT2D eigenvalue weighted by molar-refractivity contribution is 5.29. The number of nitrogens with zero attached hydrogens (tertiary/aromatic N) is 2. The summed E-state index contributed by atoms with van der Waals surface area (Å²) in [7, 11) is 1.52. The van der Waals surface area contributed by atoms with E-state index in [0.717, 1.165) is 0 Å². The lowest BCUT2D eigenvalue weighted by Crippen LogP contribution is -1.99. The lowest BCUT2D eigenvalue weighted by Gasteiger charge is -2.07. The van der Waals surface area contributed by atoms with Crippen LogP contribution in [0.25, 0.3) is 0 Å². The molecule has 94 valence electrons. The molecule has 0 aliphatic carbocycles. The van der Waals surface area contributed by atoms with Crippen molar-refractivity contribution in [2.75, 3.05) is 7.11 Å². The van der Waals surface area contributed by atoms with Gasteiger partial charge in [-0.25, -0.2) is 4.39 Å². The Hall–Kier alpha value is -2.17. The molecule has 5 heteroatoms. The first kappa shape index (κ1) is 12.3. The van der Waals surface area contributed by atoms with E-state index in [1.165, 1.54) is 19.2 Å². The maximum atomic E-state index is 13.0. The van der Waals surface area contributed by atoms with Crippen molar-refractivity contribution in [3.8, 4) is 17.5 Å². The highest BCUT2D eigenvalue weighted by Crippen LogP contribution is 2.23. The van der Waals surface area contributed by atoms with Crippen molar-refractivity contribution in [1.29, 1.82) is 0 Å². The molecule has 2 aromatic rings. The van der Waals surface area contributed by atoms with Crippen LogP contribution >= 0.6 is 0 Å². The van der Waals surface area contributed by atoms with E-state index < -0.39 is 0 Å². The van der Waals surface area contributed by atoms with Gasteiger partial charge in [0.05, 0.1) is 13.2 Å². The van der Waals surface area contributed by atoms with Crippen molar-refractivity contribution in [3.05, 3.63) is 42.0 Å². The Morgan fingerprint density at radius 2 is 1.94 bits per heavy atom. The molecule has 0 radical (unpaired) electrons. The minimum atomic E-state index is -0.357. The van der Waals surface area contributed by atoms with Crippen LogP contribution in [-0.2, 0) is 6.42 Å². The number of halogens is 1. The zero-order valence-electron chi connectivity index (χ0n) is 10.2. The van der Waals surface area contributed by atoms with E-state index in [-0.39, 0.29) is 5.82 Å². The number of methoxy groups -OCH3 is 1. The molecule has 0 saturated carbocycles. The number of ether oxygens (including phenoxy) is 2. The van der Waals surface area contributed by atoms with Crippen LogP contribution in [0, 0.1) is 5.82 Å². The number of aryl methyl sites for hydroxylation is 1. The molecule has 0 saturated heterocycles. The Balaban J connectivity index is 2.28. The smallest absolute Gasteiger partial charge is 0.226 e. The minimum Gasteiger partial charge on any atom is -0.481 e. The van der Waals surface area contributed by atoms with E-state index in [2.05, 4.69) is 9.97 Å². The molecule has 0 bridgehead atoms. The maximum absolute atomic E-state index is 13.0. The van der Waals surface area contributed by atoms with Gasteiger partial charge in [-0.1, -0.05) is 13.0 Å². The molecule has 0 N–H and O–H groups in total. The summed E-state index contributed by atoms with van der Waals surface area (Å²) >= 11 is 0. The van der Waals surface area contributed by atoms with Crippen LogP contribution in [0.1, 0.15) is 12.7 Å². The second-order valence-electron chi connectivity index (χ2n) is 3.58. The zero-order chi connectivity index (χ0) is 13.0. The molecule has 1 aromatic carbocycles. The van der Waals surface area contributed by atoms with Crippen LogP contribution in [0.2, 0.25) is 0 Å². The molecule has 0 spiro atoms. The van der Waals surface area contributed by atoms with E-state index in [9.17, 15) is 4.39 Å². The zero-order valence-corrected chi connectivity index (χ0v) is 10.2. The van der Waals surface area contributed by atoms with Crippen molar-refractivity contribution >= 4 is 0 Å². The van der Waals surface area contributed by atoms with Gasteiger partial charge in [0.2, 0.25) is 11.8 Å². The number of hydrogen-bond acceptors (Lipinski definition) is 4.